The van der Waals surface area contributed by atoms with Crippen LogP contribution in [0.2, 0.25) is 0 Å². The van der Waals surface area contributed by atoms with Crippen LogP contribution in [-0.2, 0) is 19.2 Å². The topological polar surface area (TPSA) is 161 Å². The quantitative estimate of drug-likeness (QED) is 0.359. The first-order chi connectivity index (χ1) is 7.25. The third kappa shape index (κ3) is 60.7. The van der Waals surface area contributed by atoms with E-state index in [4.69, 9.17) is 0 Å². The Hall–Kier alpha value is 2.36. The van der Waals surface area contributed by atoms with Crippen LogP contribution in [0, 0.1) is 0 Å². The summed E-state index contributed by atoms with van der Waals surface area (Å²) in [5.74, 6) is -6.19. The van der Waals surface area contributed by atoms with Gasteiger partial charge < -0.3 is 39.6 Å². The number of hydrogen-bond acceptors (Lipinski definition) is 8. The first-order valence-electron chi connectivity index (χ1n) is 3.45. The molecule has 8 nitrogen and oxygen atoms in total. The molecule has 0 amide bonds. The molecule has 0 fully saturated rings. The van der Waals surface area contributed by atoms with Crippen molar-refractivity contribution < 1.29 is 187 Å². The van der Waals surface area contributed by atoms with Crippen molar-refractivity contribution in [3.63, 3.8) is 0 Å². The largest absolute Gasteiger partial charge is 1.00 e. The molecule has 0 bridgehead atoms. The average Bonchev–Trinajstić information content (AvgIpc) is 2.12. The summed E-state index contributed by atoms with van der Waals surface area (Å²) in [7, 11) is 0. The van der Waals surface area contributed by atoms with Crippen molar-refractivity contribution in [2.45, 2.75) is 0 Å². The monoisotopic (exact) mass is 343 g/mol. The van der Waals surface area contributed by atoms with E-state index in [-0.39, 0.29) is 148 Å². The maximum absolute atomic E-state index is 9.41. The van der Waals surface area contributed by atoms with Gasteiger partial charge in [-0.15, -0.1) is 0 Å². The second kappa shape index (κ2) is 30.3. The Balaban J connectivity index is -0.0000000302. The van der Waals surface area contributed by atoms with Crippen LogP contribution in [0.25, 0.3) is 0 Å². The van der Waals surface area contributed by atoms with E-state index in [1.165, 1.54) is 0 Å². The van der Waals surface area contributed by atoms with Gasteiger partial charge in [-0.25, -0.2) is 0 Å². The maximum atomic E-state index is 9.41. The maximum Gasteiger partial charge on any atom is 1.00 e. The van der Waals surface area contributed by atoms with Crippen LogP contribution in [-0.4, -0.2) is 23.9 Å². The van der Waals surface area contributed by atoms with Gasteiger partial charge in [-0.3, -0.25) is 0 Å². The van der Waals surface area contributed by atoms with Gasteiger partial charge in [0.15, 0.2) is 0 Å². The van der Waals surface area contributed by atoms with Gasteiger partial charge in [0.05, 0.1) is 23.9 Å². The molecule has 0 aromatic heterocycles. The molecule has 0 aromatic carbocycles. The van der Waals surface area contributed by atoms with Gasteiger partial charge in [0.2, 0.25) is 0 Å². The van der Waals surface area contributed by atoms with Crippen molar-refractivity contribution in [3.05, 3.63) is 24.3 Å². The molecule has 0 spiro atoms. The zero-order chi connectivity index (χ0) is 13.1. The summed E-state index contributed by atoms with van der Waals surface area (Å²) in [5.41, 5.74) is 0. The standard InChI is InChI=1S/2C4H4O4.5Na/c2*5-3(6)1-2-4(7)8;;;;;/h2*1-2H,(H,5,6)(H,7,8);;;;;/q;;5*+1/p-4/b2*2-1+;;;;;. The number of carboxylic acids is 4. The van der Waals surface area contributed by atoms with E-state index < -0.39 is 23.9 Å². The number of carboxylic acid groups (broad SMARTS) is 4. The Morgan fingerprint density at radius 1 is 0.429 bits per heavy atom. The van der Waals surface area contributed by atoms with E-state index in [9.17, 15) is 39.6 Å². The van der Waals surface area contributed by atoms with E-state index in [0.717, 1.165) is 0 Å². The van der Waals surface area contributed by atoms with Crippen molar-refractivity contribution in [3.8, 4) is 0 Å². The van der Waals surface area contributed by atoms with Crippen molar-refractivity contribution in [2.24, 2.45) is 0 Å². The van der Waals surface area contributed by atoms with Gasteiger partial charge in [-0.1, -0.05) is 0 Å². The molecule has 0 N–H and O–H groups in total. The number of hydrogen-bond donors (Lipinski definition) is 0. The Kier molecular flexibility index (Phi) is 62.9. The van der Waals surface area contributed by atoms with Crippen LogP contribution in [0.4, 0.5) is 0 Å². The van der Waals surface area contributed by atoms with Crippen molar-refractivity contribution in [2.75, 3.05) is 0 Å². The summed E-state index contributed by atoms with van der Waals surface area (Å²) < 4.78 is 0. The molecule has 0 aromatic rings. The van der Waals surface area contributed by atoms with Crippen LogP contribution < -0.4 is 168 Å². The second-order valence-electron chi connectivity index (χ2n) is 1.94. The molecule has 0 saturated carbocycles. The molecule has 0 unspecified atom stereocenters. The molecule has 0 aliphatic carbocycles. The van der Waals surface area contributed by atoms with E-state index >= 15 is 0 Å². The fourth-order valence-electron chi connectivity index (χ4n) is 0.272. The van der Waals surface area contributed by atoms with Crippen LogP contribution in [0.15, 0.2) is 24.3 Å². The molecule has 0 radical (unpaired) electrons. The molecular weight excluding hydrogens is 339 g/mol. The predicted octanol–water partition coefficient (Wildman–Crippen LogP) is -20.9. The summed E-state index contributed by atoms with van der Waals surface area (Å²) in [6, 6.07) is 0. The molecule has 0 atom stereocenters. The minimum atomic E-state index is -1.55. The van der Waals surface area contributed by atoms with Crippen LogP contribution in [0.3, 0.4) is 0 Å². The number of carbonyl (C=O) groups is 4. The molecule has 88 valence electrons. The van der Waals surface area contributed by atoms with Crippen LogP contribution in [0.5, 0.6) is 0 Å². The predicted molar refractivity (Wildman–Crippen MR) is 38.3 cm³/mol. The zero-order valence-corrected chi connectivity index (χ0v) is 22.6. The van der Waals surface area contributed by atoms with E-state index in [1.807, 2.05) is 0 Å². The molecule has 13 heteroatoms. The Labute approximate surface area is 231 Å². The Morgan fingerprint density at radius 2 is 0.524 bits per heavy atom. The van der Waals surface area contributed by atoms with Crippen molar-refractivity contribution in [1.29, 1.82) is 0 Å². The molecule has 21 heavy (non-hydrogen) atoms. The minimum Gasteiger partial charge on any atom is -0.545 e. The minimum absolute atomic E-state index is 0. The fourth-order valence-corrected chi connectivity index (χ4v) is 0.272. The average molecular weight is 343 g/mol. The summed E-state index contributed by atoms with van der Waals surface area (Å²) in [4.78, 5) is 37.7. The number of carbonyl (C=O) groups excluding carboxylic acids is 4. The summed E-state index contributed by atoms with van der Waals surface area (Å²) in [6.45, 7) is 0. The third-order valence-electron chi connectivity index (χ3n) is 0.711. The van der Waals surface area contributed by atoms with Gasteiger partial charge in [-0.2, -0.15) is 0 Å². The van der Waals surface area contributed by atoms with Crippen molar-refractivity contribution >= 4 is 23.9 Å². The molecular formula is C8H4Na5O8+. The van der Waals surface area contributed by atoms with Crippen LogP contribution in [0.1, 0.15) is 0 Å². The van der Waals surface area contributed by atoms with Gasteiger partial charge in [-0.05, 0) is 24.3 Å². The van der Waals surface area contributed by atoms with Gasteiger partial charge >= 0.3 is 148 Å². The first-order valence-corrected chi connectivity index (χ1v) is 3.45. The molecule has 0 aliphatic heterocycles. The summed E-state index contributed by atoms with van der Waals surface area (Å²) in [6.07, 6.45) is 1.54. The number of rotatable bonds is 4. The van der Waals surface area contributed by atoms with E-state index in [0.29, 0.717) is 24.3 Å². The smallest absolute Gasteiger partial charge is 0.545 e. The fraction of sp³-hybridized carbons (Fsp3) is 0. The third-order valence-corrected chi connectivity index (χ3v) is 0.711. The normalized spacial score (nSPS) is 7.24. The first kappa shape index (κ1) is 43.6. The van der Waals surface area contributed by atoms with E-state index in [1.54, 1.807) is 0 Å². The van der Waals surface area contributed by atoms with Gasteiger partial charge in [0, 0.05) is 0 Å². The summed E-state index contributed by atoms with van der Waals surface area (Å²) in [5, 5.41) is 37.7. The summed E-state index contributed by atoms with van der Waals surface area (Å²) >= 11 is 0. The molecule has 0 rings (SSSR count). The Morgan fingerprint density at radius 3 is 0.571 bits per heavy atom. The van der Waals surface area contributed by atoms with Crippen LogP contribution >= 0.6 is 0 Å². The zero-order valence-electron chi connectivity index (χ0n) is 12.6. The second-order valence-corrected chi connectivity index (χ2v) is 1.94. The molecule has 0 heterocycles. The Bertz CT molecular complexity index is 289. The van der Waals surface area contributed by atoms with E-state index in [2.05, 4.69) is 0 Å². The molecule has 0 saturated heterocycles. The van der Waals surface area contributed by atoms with Gasteiger partial charge in [0.25, 0.3) is 0 Å². The SMILES string of the molecule is O=C([O-])/C=C/C(=O)[O-].O=C([O-])/C=C/C(=O)[O-].[Na+].[Na+].[Na+].[Na+].[Na+]. The molecule has 0 aliphatic rings. The number of aliphatic carboxylic acids is 4. The van der Waals surface area contributed by atoms with Gasteiger partial charge in [0.1, 0.15) is 0 Å². The van der Waals surface area contributed by atoms with Crippen molar-refractivity contribution in [1.82, 2.24) is 0 Å².